The molecule has 0 aromatic carbocycles. The molecular formula is C13H25NO. The summed E-state index contributed by atoms with van der Waals surface area (Å²) in [5.41, 5.74) is 1.10. The molecule has 0 atom stereocenters. The van der Waals surface area contributed by atoms with Crippen molar-refractivity contribution in [3.05, 3.63) is 0 Å². The molecule has 0 N–H and O–H groups in total. The van der Waals surface area contributed by atoms with Crippen LogP contribution in [0.15, 0.2) is 4.99 Å². The molecule has 2 nitrogen and oxygen atoms in total. The van der Waals surface area contributed by atoms with Gasteiger partial charge in [0.15, 0.2) is 0 Å². The highest BCUT2D eigenvalue weighted by Gasteiger charge is 2.01. The van der Waals surface area contributed by atoms with E-state index in [1.165, 1.54) is 25.7 Å². The Morgan fingerprint density at radius 3 is 2.33 bits per heavy atom. The molecule has 15 heavy (non-hydrogen) atoms. The van der Waals surface area contributed by atoms with Crippen LogP contribution in [-0.2, 0) is 4.79 Å². The van der Waals surface area contributed by atoms with E-state index >= 15 is 0 Å². The molecule has 0 bridgehead atoms. The second-order valence-electron chi connectivity index (χ2n) is 4.14. The highest BCUT2D eigenvalue weighted by Crippen LogP contribution is 2.02. The number of unbranched alkanes of at least 4 members (excludes halogenated alkanes) is 3. The zero-order valence-electron chi connectivity index (χ0n) is 10.5. The van der Waals surface area contributed by atoms with Gasteiger partial charge in [-0.1, -0.05) is 39.5 Å². The Hall–Kier alpha value is -0.660. The molecule has 0 heterocycles. The lowest BCUT2D eigenvalue weighted by atomic mass is 10.1. The van der Waals surface area contributed by atoms with Crippen molar-refractivity contribution >= 4 is 11.5 Å². The number of carbonyl (C=O) groups excluding carboxylic acids is 1. The van der Waals surface area contributed by atoms with E-state index in [2.05, 4.69) is 18.8 Å². The fraction of sp³-hybridized carbons (Fsp3) is 0.846. The number of nitrogens with zero attached hydrogens (tertiary/aromatic N) is 1. The normalized spacial score (nSPS) is 11.8. The minimum Gasteiger partial charge on any atom is -0.300 e. The molecular weight excluding hydrogens is 186 g/mol. The summed E-state index contributed by atoms with van der Waals surface area (Å²) >= 11 is 0. The van der Waals surface area contributed by atoms with Gasteiger partial charge in [-0.05, 0) is 19.8 Å². The average Bonchev–Trinajstić information content (AvgIpc) is 2.17. The molecule has 0 fully saturated rings. The van der Waals surface area contributed by atoms with E-state index in [1.54, 1.807) is 6.92 Å². The third-order valence-electron chi connectivity index (χ3n) is 2.34. The van der Waals surface area contributed by atoms with Crippen LogP contribution in [0.1, 0.15) is 65.7 Å². The van der Waals surface area contributed by atoms with E-state index < -0.39 is 0 Å². The first kappa shape index (κ1) is 14.3. The molecule has 0 aromatic rings. The number of Topliss-reactive ketones (excluding diaryl/α,β-unsaturated/α-hetero) is 1. The Bertz CT molecular complexity index is 197. The number of rotatable bonds is 9. The molecule has 0 radical (unpaired) electrons. The topological polar surface area (TPSA) is 29.4 Å². The van der Waals surface area contributed by atoms with E-state index in [0.29, 0.717) is 6.42 Å². The quantitative estimate of drug-likeness (QED) is 0.421. The van der Waals surface area contributed by atoms with Crippen LogP contribution in [0, 0.1) is 0 Å². The maximum absolute atomic E-state index is 11.0. The Balaban J connectivity index is 3.78. The van der Waals surface area contributed by atoms with Crippen molar-refractivity contribution in [2.45, 2.75) is 65.7 Å². The minimum absolute atomic E-state index is 0.232. The minimum atomic E-state index is 0.232. The van der Waals surface area contributed by atoms with Crippen molar-refractivity contribution < 1.29 is 4.79 Å². The Morgan fingerprint density at radius 1 is 1.07 bits per heavy atom. The SMILES string of the molecule is CCCCCC/N=C(\CCC)CC(C)=O. The maximum atomic E-state index is 11.0. The summed E-state index contributed by atoms with van der Waals surface area (Å²) < 4.78 is 0. The summed E-state index contributed by atoms with van der Waals surface area (Å²) in [7, 11) is 0. The predicted octanol–water partition coefficient (Wildman–Crippen LogP) is 3.79. The molecule has 0 spiro atoms. The van der Waals surface area contributed by atoms with Crippen LogP contribution in [0.2, 0.25) is 0 Å². The number of ketones is 1. The van der Waals surface area contributed by atoms with Crippen molar-refractivity contribution in [1.29, 1.82) is 0 Å². The van der Waals surface area contributed by atoms with Gasteiger partial charge >= 0.3 is 0 Å². The molecule has 0 aliphatic rings. The second-order valence-corrected chi connectivity index (χ2v) is 4.14. The van der Waals surface area contributed by atoms with Crippen LogP contribution < -0.4 is 0 Å². The zero-order valence-corrected chi connectivity index (χ0v) is 10.5. The zero-order chi connectivity index (χ0) is 11.5. The van der Waals surface area contributed by atoms with Gasteiger partial charge in [-0.15, -0.1) is 0 Å². The van der Waals surface area contributed by atoms with Crippen LogP contribution in [0.3, 0.4) is 0 Å². The van der Waals surface area contributed by atoms with Gasteiger partial charge < -0.3 is 0 Å². The molecule has 0 saturated heterocycles. The number of aliphatic imine (C=N–C) groups is 1. The molecule has 0 aliphatic carbocycles. The van der Waals surface area contributed by atoms with Gasteiger partial charge in [0, 0.05) is 18.7 Å². The molecule has 0 saturated carbocycles. The molecule has 0 aromatic heterocycles. The van der Waals surface area contributed by atoms with Gasteiger partial charge in [-0.25, -0.2) is 0 Å². The molecule has 0 unspecified atom stereocenters. The van der Waals surface area contributed by atoms with Gasteiger partial charge in [0.05, 0.1) is 0 Å². The second kappa shape index (κ2) is 9.88. The summed E-state index contributed by atoms with van der Waals surface area (Å²) in [4.78, 5) is 15.5. The van der Waals surface area contributed by atoms with Crippen molar-refractivity contribution in [2.75, 3.05) is 6.54 Å². The lowest BCUT2D eigenvalue weighted by Crippen LogP contribution is -2.05. The molecule has 88 valence electrons. The smallest absolute Gasteiger partial charge is 0.135 e. The number of hydrogen-bond donors (Lipinski definition) is 0. The van der Waals surface area contributed by atoms with Gasteiger partial charge in [-0.2, -0.15) is 0 Å². The molecule has 2 heteroatoms. The van der Waals surface area contributed by atoms with Crippen molar-refractivity contribution in [1.82, 2.24) is 0 Å². The van der Waals surface area contributed by atoms with Crippen LogP contribution >= 0.6 is 0 Å². The molecule has 0 rings (SSSR count). The van der Waals surface area contributed by atoms with Gasteiger partial charge in [0.25, 0.3) is 0 Å². The maximum Gasteiger partial charge on any atom is 0.135 e. The lowest BCUT2D eigenvalue weighted by Gasteiger charge is -2.03. The number of carbonyl (C=O) groups is 1. The highest BCUT2D eigenvalue weighted by atomic mass is 16.1. The lowest BCUT2D eigenvalue weighted by molar-refractivity contribution is -0.115. The van der Waals surface area contributed by atoms with Gasteiger partial charge in [0.1, 0.15) is 5.78 Å². The monoisotopic (exact) mass is 211 g/mol. The van der Waals surface area contributed by atoms with E-state index in [9.17, 15) is 4.79 Å². The summed E-state index contributed by atoms with van der Waals surface area (Å²) in [6.07, 6.45) is 7.61. The standard InChI is InChI=1S/C13H25NO/c1-4-6-7-8-10-14-13(9-5-2)11-12(3)15/h4-11H2,1-3H3/b14-13+. The van der Waals surface area contributed by atoms with E-state index in [4.69, 9.17) is 0 Å². The van der Waals surface area contributed by atoms with E-state index in [0.717, 1.165) is 25.1 Å². The van der Waals surface area contributed by atoms with Crippen molar-refractivity contribution in [2.24, 2.45) is 4.99 Å². The van der Waals surface area contributed by atoms with Crippen LogP contribution in [0.5, 0.6) is 0 Å². The first-order valence-corrected chi connectivity index (χ1v) is 6.22. The third-order valence-corrected chi connectivity index (χ3v) is 2.34. The van der Waals surface area contributed by atoms with Crippen molar-refractivity contribution in [3.63, 3.8) is 0 Å². The van der Waals surface area contributed by atoms with Crippen LogP contribution in [-0.4, -0.2) is 18.0 Å². The van der Waals surface area contributed by atoms with Crippen LogP contribution in [0.25, 0.3) is 0 Å². The summed E-state index contributed by atoms with van der Waals surface area (Å²) in [6, 6.07) is 0. The highest BCUT2D eigenvalue weighted by molar-refractivity contribution is 6.00. The number of hydrogen-bond acceptors (Lipinski definition) is 2. The Labute approximate surface area is 94.2 Å². The van der Waals surface area contributed by atoms with Crippen molar-refractivity contribution in [3.8, 4) is 0 Å². The van der Waals surface area contributed by atoms with Gasteiger partial charge in [-0.3, -0.25) is 9.79 Å². The summed E-state index contributed by atoms with van der Waals surface area (Å²) in [5, 5.41) is 0. The largest absolute Gasteiger partial charge is 0.300 e. The van der Waals surface area contributed by atoms with E-state index in [1.807, 2.05) is 0 Å². The fourth-order valence-electron chi connectivity index (χ4n) is 1.58. The Morgan fingerprint density at radius 2 is 1.80 bits per heavy atom. The van der Waals surface area contributed by atoms with Gasteiger partial charge in [0.2, 0.25) is 0 Å². The molecule has 0 amide bonds. The first-order chi connectivity index (χ1) is 7.20. The average molecular weight is 211 g/mol. The molecule has 0 aliphatic heterocycles. The summed E-state index contributed by atoms with van der Waals surface area (Å²) in [6.45, 7) is 6.89. The van der Waals surface area contributed by atoms with E-state index in [-0.39, 0.29) is 5.78 Å². The summed E-state index contributed by atoms with van der Waals surface area (Å²) in [5.74, 6) is 0.232. The predicted molar refractivity (Wildman–Crippen MR) is 66.7 cm³/mol. The van der Waals surface area contributed by atoms with Crippen LogP contribution in [0.4, 0.5) is 0 Å². The first-order valence-electron chi connectivity index (χ1n) is 6.22. The third kappa shape index (κ3) is 9.64. The fourth-order valence-corrected chi connectivity index (χ4v) is 1.58. The Kier molecular flexibility index (Phi) is 9.44.